The lowest BCUT2D eigenvalue weighted by atomic mass is 9.92. The molecule has 2 heterocycles. The van der Waals surface area contributed by atoms with Crippen LogP contribution in [0, 0.1) is 0 Å². The van der Waals surface area contributed by atoms with Crippen molar-refractivity contribution < 1.29 is 19.0 Å². The molecular weight excluding hydrogens is 258 g/mol. The molecule has 0 saturated carbocycles. The molecule has 0 aliphatic carbocycles. The number of hydrogen-bond acceptors (Lipinski definition) is 5. The third-order valence-corrected chi connectivity index (χ3v) is 3.96. The molecular formula is C15H19NO4. The standard InChI is InChI=1S/C15H19NO4/c1-18-14(17)12-4-2-11(3-5-12)13-10-15(6-7-16-13)19-8-9-20-15/h2-5,13,16H,6-10H2,1H3. The van der Waals surface area contributed by atoms with Crippen LogP contribution in [0.5, 0.6) is 0 Å². The highest BCUT2D eigenvalue weighted by Crippen LogP contribution is 2.36. The first-order valence-electron chi connectivity index (χ1n) is 6.92. The third-order valence-electron chi connectivity index (χ3n) is 3.96. The van der Waals surface area contributed by atoms with E-state index in [1.807, 2.05) is 12.1 Å². The molecule has 0 aromatic heterocycles. The normalized spacial score (nSPS) is 24.8. The topological polar surface area (TPSA) is 56.8 Å². The average Bonchev–Trinajstić information content (AvgIpc) is 2.94. The monoisotopic (exact) mass is 277 g/mol. The van der Waals surface area contributed by atoms with Crippen LogP contribution in [-0.4, -0.2) is 38.6 Å². The highest BCUT2D eigenvalue weighted by atomic mass is 16.7. The minimum absolute atomic E-state index is 0.188. The Morgan fingerprint density at radius 2 is 2.00 bits per heavy atom. The lowest BCUT2D eigenvalue weighted by Crippen LogP contribution is -2.44. The molecule has 5 heteroatoms. The van der Waals surface area contributed by atoms with Crippen LogP contribution in [0.4, 0.5) is 0 Å². The van der Waals surface area contributed by atoms with Gasteiger partial charge in [0.25, 0.3) is 0 Å². The van der Waals surface area contributed by atoms with Gasteiger partial charge >= 0.3 is 5.97 Å². The highest BCUT2D eigenvalue weighted by molar-refractivity contribution is 5.89. The van der Waals surface area contributed by atoms with E-state index in [-0.39, 0.29) is 12.0 Å². The van der Waals surface area contributed by atoms with Crippen LogP contribution in [0.1, 0.15) is 34.8 Å². The Balaban J connectivity index is 1.73. The van der Waals surface area contributed by atoms with E-state index in [0.29, 0.717) is 18.8 Å². The first kappa shape index (κ1) is 13.5. The molecule has 0 bridgehead atoms. The second kappa shape index (κ2) is 5.52. The van der Waals surface area contributed by atoms with E-state index in [9.17, 15) is 4.79 Å². The molecule has 2 saturated heterocycles. The van der Waals surface area contributed by atoms with Crippen molar-refractivity contribution in [3.8, 4) is 0 Å². The van der Waals surface area contributed by atoms with E-state index in [0.717, 1.165) is 24.9 Å². The fraction of sp³-hybridized carbons (Fsp3) is 0.533. The van der Waals surface area contributed by atoms with Crippen LogP contribution in [0.25, 0.3) is 0 Å². The Bertz CT molecular complexity index is 479. The van der Waals surface area contributed by atoms with Crippen LogP contribution < -0.4 is 5.32 Å². The molecule has 1 aromatic carbocycles. The fourth-order valence-electron chi connectivity index (χ4n) is 2.89. The van der Waals surface area contributed by atoms with Crippen molar-refractivity contribution in [3.05, 3.63) is 35.4 Å². The smallest absolute Gasteiger partial charge is 0.337 e. The predicted molar refractivity (Wildman–Crippen MR) is 72.4 cm³/mol. The minimum atomic E-state index is -0.420. The molecule has 2 aliphatic heterocycles. The van der Waals surface area contributed by atoms with Gasteiger partial charge in [-0.1, -0.05) is 12.1 Å². The average molecular weight is 277 g/mol. The van der Waals surface area contributed by atoms with Crippen molar-refractivity contribution >= 4 is 5.97 Å². The summed E-state index contributed by atoms with van der Waals surface area (Å²) in [5.41, 5.74) is 1.70. The first-order chi connectivity index (χ1) is 9.72. The van der Waals surface area contributed by atoms with Crippen LogP contribution >= 0.6 is 0 Å². The van der Waals surface area contributed by atoms with E-state index >= 15 is 0 Å². The molecule has 2 fully saturated rings. The molecule has 5 nitrogen and oxygen atoms in total. The van der Waals surface area contributed by atoms with Gasteiger partial charge in [0.05, 0.1) is 25.9 Å². The fourth-order valence-corrected chi connectivity index (χ4v) is 2.89. The van der Waals surface area contributed by atoms with E-state index < -0.39 is 5.79 Å². The van der Waals surface area contributed by atoms with Crippen LogP contribution in [0.3, 0.4) is 0 Å². The summed E-state index contributed by atoms with van der Waals surface area (Å²) >= 11 is 0. The molecule has 20 heavy (non-hydrogen) atoms. The van der Waals surface area contributed by atoms with Gasteiger partial charge in [-0.2, -0.15) is 0 Å². The molecule has 1 spiro atoms. The van der Waals surface area contributed by atoms with Crippen LogP contribution in [0.2, 0.25) is 0 Å². The van der Waals surface area contributed by atoms with Gasteiger partial charge in [-0.05, 0) is 17.7 Å². The van der Waals surface area contributed by atoms with Gasteiger partial charge in [0, 0.05) is 25.4 Å². The summed E-state index contributed by atoms with van der Waals surface area (Å²) in [6, 6.07) is 7.69. The highest BCUT2D eigenvalue weighted by Gasteiger charge is 2.41. The number of nitrogens with one attached hydrogen (secondary N) is 1. The summed E-state index contributed by atoms with van der Waals surface area (Å²) in [6.45, 7) is 2.21. The maximum Gasteiger partial charge on any atom is 0.337 e. The van der Waals surface area contributed by atoms with Crippen molar-refractivity contribution in [2.24, 2.45) is 0 Å². The van der Waals surface area contributed by atoms with Gasteiger partial charge in [-0.25, -0.2) is 4.79 Å². The molecule has 1 atom stereocenters. The predicted octanol–water partition coefficient (Wildman–Crippen LogP) is 1.64. The summed E-state index contributed by atoms with van der Waals surface area (Å²) in [4.78, 5) is 11.4. The van der Waals surface area contributed by atoms with Crippen LogP contribution in [0.15, 0.2) is 24.3 Å². The van der Waals surface area contributed by atoms with Crippen molar-refractivity contribution in [1.82, 2.24) is 5.32 Å². The molecule has 108 valence electrons. The number of methoxy groups -OCH3 is 1. The van der Waals surface area contributed by atoms with E-state index in [2.05, 4.69) is 5.32 Å². The van der Waals surface area contributed by atoms with E-state index in [1.54, 1.807) is 12.1 Å². The number of carbonyl (C=O) groups excluding carboxylic acids is 1. The number of benzene rings is 1. The van der Waals surface area contributed by atoms with Crippen molar-refractivity contribution in [3.63, 3.8) is 0 Å². The van der Waals surface area contributed by atoms with Crippen molar-refractivity contribution in [2.75, 3.05) is 26.9 Å². The third kappa shape index (κ3) is 2.57. The maximum atomic E-state index is 11.4. The summed E-state index contributed by atoms with van der Waals surface area (Å²) in [7, 11) is 1.39. The van der Waals surface area contributed by atoms with Gasteiger partial charge in [0.1, 0.15) is 0 Å². The Morgan fingerprint density at radius 1 is 1.30 bits per heavy atom. The van der Waals surface area contributed by atoms with Crippen molar-refractivity contribution in [2.45, 2.75) is 24.7 Å². The summed E-state index contributed by atoms with van der Waals surface area (Å²) in [6.07, 6.45) is 1.67. The Kier molecular flexibility index (Phi) is 3.74. The summed E-state index contributed by atoms with van der Waals surface area (Å²) in [5, 5.41) is 3.47. The quantitative estimate of drug-likeness (QED) is 0.833. The number of carbonyl (C=O) groups is 1. The van der Waals surface area contributed by atoms with Crippen LogP contribution in [-0.2, 0) is 14.2 Å². The second-order valence-electron chi connectivity index (χ2n) is 5.18. The zero-order chi connectivity index (χ0) is 14.0. The second-order valence-corrected chi connectivity index (χ2v) is 5.18. The zero-order valence-corrected chi connectivity index (χ0v) is 11.6. The number of rotatable bonds is 2. The largest absolute Gasteiger partial charge is 0.465 e. The summed E-state index contributed by atoms with van der Waals surface area (Å²) < 4.78 is 16.3. The molecule has 0 radical (unpaired) electrons. The van der Waals surface area contributed by atoms with Crippen molar-refractivity contribution in [1.29, 1.82) is 0 Å². The van der Waals surface area contributed by atoms with Gasteiger partial charge in [0.15, 0.2) is 5.79 Å². The van der Waals surface area contributed by atoms with E-state index in [1.165, 1.54) is 7.11 Å². The number of esters is 1. The Morgan fingerprint density at radius 3 is 2.65 bits per heavy atom. The lowest BCUT2D eigenvalue weighted by Gasteiger charge is -2.37. The Hall–Kier alpha value is -1.43. The van der Waals surface area contributed by atoms with Gasteiger partial charge in [0.2, 0.25) is 0 Å². The van der Waals surface area contributed by atoms with E-state index in [4.69, 9.17) is 14.2 Å². The van der Waals surface area contributed by atoms with Gasteiger partial charge < -0.3 is 19.5 Å². The minimum Gasteiger partial charge on any atom is -0.465 e. The molecule has 0 amide bonds. The Labute approximate surface area is 118 Å². The first-order valence-corrected chi connectivity index (χ1v) is 6.92. The number of hydrogen-bond donors (Lipinski definition) is 1. The molecule has 1 aromatic rings. The lowest BCUT2D eigenvalue weighted by molar-refractivity contribution is -0.180. The maximum absolute atomic E-state index is 11.4. The molecule has 2 aliphatic rings. The SMILES string of the molecule is COC(=O)c1ccc(C2CC3(CCN2)OCCO3)cc1. The number of ether oxygens (including phenoxy) is 3. The summed E-state index contributed by atoms with van der Waals surface area (Å²) in [5.74, 6) is -0.733. The molecule has 1 unspecified atom stereocenters. The van der Waals surface area contributed by atoms with Gasteiger partial charge in [-0.15, -0.1) is 0 Å². The molecule has 3 rings (SSSR count). The molecule has 1 N–H and O–H groups in total. The zero-order valence-electron chi connectivity index (χ0n) is 11.6. The van der Waals surface area contributed by atoms with Gasteiger partial charge in [-0.3, -0.25) is 0 Å². The number of piperidine rings is 1.